The summed E-state index contributed by atoms with van der Waals surface area (Å²) in [6.07, 6.45) is 0.431. The number of carbonyl (C=O) groups excluding carboxylic acids is 2. The molecule has 0 spiro atoms. The van der Waals surface area contributed by atoms with E-state index in [1.54, 1.807) is 20.8 Å². The largest absolute Gasteiger partial charge is 0.492 e. The van der Waals surface area contributed by atoms with E-state index in [4.69, 9.17) is 31.5 Å². The number of nitrogens with two attached hydrogens (primary N) is 1. The second-order valence-corrected chi connectivity index (χ2v) is 7.91. The molecular weight excluding hydrogens is 418 g/mol. The molecule has 30 heavy (non-hydrogen) atoms. The maximum Gasteiger partial charge on any atom is 0.407 e. The average Bonchev–Trinajstić information content (AvgIpc) is 2.60. The molecule has 0 saturated heterocycles. The molecule has 0 radical (unpaired) electrons. The summed E-state index contributed by atoms with van der Waals surface area (Å²) < 4.78 is 16.3. The number of halogens is 1. The zero-order valence-corrected chi connectivity index (χ0v) is 18.3. The van der Waals surface area contributed by atoms with Crippen molar-refractivity contribution in [2.75, 3.05) is 19.8 Å². The number of amides is 2. The molecule has 3 N–H and O–H groups in total. The van der Waals surface area contributed by atoms with Crippen molar-refractivity contribution in [1.29, 1.82) is 0 Å². The minimum Gasteiger partial charge on any atom is -0.492 e. The number of nitrogens with zero attached hydrogens (tertiary/aromatic N) is 1. The summed E-state index contributed by atoms with van der Waals surface area (Å²) in [5.74, 6) is -0.815. The Kier molecular flexibility index (Phi) is 9.80. The number of primary amides is 1. The van der Waals surface area contributed by atoms with Gasteiger partial charge in [0, 0.05) is 31.2 Å². The third kappa shape index (κ3) is 9.27. The third-order valence-electron chi connectivity index (χ3n) is 3.67. The number of nitrogens with one attached hydrogen (secondary N) is 1. The highest BCUT2D eigenvalue weighted by Gasteiger charge is 2.21. The van der Waals surface area contributed by atoms with Gasteiger partial charge in [-0.2, -0.15) is 0 Å². The Morgan fingerprint density at radius 2 is 1.97 bits per heavy atom. The van der Waals surface area contributed by atoms with Gasteiger partial charge in [0.25, 0.3) is 5.69 Å². The van der Waals surface area contributed by atoms with Crippen LogP contribution in [0.4, 0.5) is 10.5 Å². The predicted octanol–water partition coefficient (Wildman–Crippen LogP) is 3.44. The van der Waals surface area contributed by atoms with Crippen LogP contribution in [0.15, 0.2) is 12.1 Å². The van der Waals surface area contributed by atoms with Crippen LogP contribution in [0.2, 0.25) is 5.02 Å². The van der Waals surface area contributed by atoms with Crippen molar-refractivity contribution in [3.05, 3.63) is 32.8 Å². The molecule has 10 nitrogen and oxygen atoms in total. The van der Waals surface area contributed by atoms with Crippen LogP contribution < -0.4 is 15.8 Å². The average molecular weight is 446 g/mol. The molecular formula is C19H28ClN3O7. The molecule has 168 valence electrons. The van der Waals surface area contributed by atoms with Gasteiger partial charge in [-0.25, -0.2) is 4.79 Å². The van der Waals surface area contributed by atoms with Gasteiger partial charge < -0.3 is 25.3 Å². The fourth-order valence-corrected chi connectivity index (χ4v) is 2.48. The minimum absolute atomic E-state index is 0.00780. The van der Waals surface area contributed by atoms with Crippen molar-refractivity contribution >= 4 is 29.3 Å². The van der Waals surface area contributed by atoms with E-state index in [-0.39, 0.29) is 29.0 Å². The number of hydrogen-bond acceptors (Lipinski definition) is 7. The molecule has 11 heteroatoms. The number of hydrogen-bond donors (Lipinski definition) is 2. The van der Waals surface area contributed by atoms with E-state index in [0.717, 1.165) is 6.07 Å². The van der Waals surface area contributed by atoms with Crippen LogP contribution in [0.5, 0.6) is 5.75 Å². The fraction of sp³-hybridized carbons (Fsp3) is 0.579. The van der Waals surface area contributed by atoms with E-state index in [2.05, 4.69) is 5.32 Å². The zero-order valence-electron chi connectivity index (χ0n) is 17.5. The van der Waals surface area contributed by atoms with Gasteiger partial charge >= 0.3 is 6.09 Å². The van der Waals surface area contributed by atoms with Crippen molar-refractivity contribution in [3.63, 3.8) is 0 Å². The zero-order chi connectivity index (χ0) is 22.9. The summed E-state index contributed by atoms with van der Waals surface area (Å²) in [5.41, 5.74) is 4.13. The highest BCUT2D eigenvalue weighted by Crippen LogP contribution is 2.35. The summed E-state index contributed by atoms with van der Waals surface area (Å²) in [4.78, 5) is 33.2. The third-order valence-corrected chi connectivity index (χ3v) is 4.05. The Labute approximate surface area is 180 Å². The molecule has 1 atom stereocenters. The number of benzene rings is 1. The smallest absolute Gasteiger partial charge is 0.407 e. The number of nitro benzene ring substituents is 1. The summed E-state index contributed by atoms with van der Waals surface area (Å²) >= 11 is 5.98. The van der Waals surface area contributed by atoms with E-state index < -0.39 is 28.2 Å². The van der Waals surface area contributed by atoms with Crippen LogP contribution >= 0.6 is 11.6 Å². The van der Waals surface area contributed by atoms with E-state index in [0.29, 0.717) is 26.0 Å². The van der Waals surface area contributed by atoms with Gasteiger partial charge in [-0.1, -0.05) is 11.6 Å². The Balaban J connectivity index is 2.39. The Morgan fingerprint density at radius 3 is 2.53 bits per heavy atom. The predicted molar refractivity (Wildman–Crippen MR) is 111 cm³/mol. The van der Waals surface area contributed by atoms with Crippen LogP contribution in [0, 0.1) is 10.1 Å². The molecule has 0 aliphatic rings. The van der Waals surface area contributed by atoms with E-state index in [1.807, 2.05) is 6.92 Å². The Morgan fingerprint density at radius 1 is 1.30 bits per heavy atom. The van der Waals surface area contributed by atoms with Crippen LogP contribution in [0.3, 0.4) is 0 Å². The first kappa shape index (κ1) is 25.4. The second kappa shape index (κ2) is 11.6. The quantitative estimate of drug-likeness (QED) is 0.301. The number of rotatable bonds is 11. The lowest BCUT2D eigenvalue weighted by Gasteiger charge is -2.19. The van der Waals surface area contributed by atoms with Gasteiger partial charge in [0.15, 0.2) is 5.02 Å². The van der Waals surface area contributed by atoms with Crippen molar-refractivity contribution < 1.29 is 28.7 Å². The molecule has 0 aliphatic carbocycles. The molecule has 1 aromatic carbocycles. The molecule has 0 fully saturated rings. The number of nitro groups is 1. The first-order valence-electron chi connectivity index (χ1n) is 9.39. The maximum absolute atomic E-state index is 11.5. The highest BCUT2D eigenvalue weighted by molar-refractivity contribution is 6.34. The SMILES string of the molecule is CC(CCOc1cc(C(N)=O)cc([N+](=O)[O-])c1Cl)OCCCNC(=O)OC(C)(C)C. The molecule has 0 heterocycles. The number of carbonyl (C=O) groups is 2. The second-order valence-electron chi connectivity index (χ2n) is 7.53. The Bertz CT molecular complexity index is 765. The lowest BCUT2D eigenvalue weighted by atomic mass is 10.1. The van der Waals surface area contributed by atoms with Gasteiger partial charge in [0.2, 0.25) is 5.91 Å². The normalized spacial score (nSPS) is 12.2. The van der Waals surface area contributed by atoms with E-state index in [9.17, 15) is 19.7 Å². The van der Waals surface area contributed by atoms with Crippen molar-refractivity contribution in [1.82, 2.24) is 5.32 Å². The standard InChI is InChI=1S/C19H28ClN3O7/c1-12(28-8-5-7-22-18(25)30-19(2,3)4)6-9-29-15-11-13(17(21)24)10-14(16(15)20)23(26)27/h10-12H,5-9H2,1-4H3,(H2,21,24)(H,22,25). The molecule has 0 saturated carbocycles. The molecule has 0 aromatic heterocycles. The Hall–Kier alpha value is -2.59. The van der Waals surface area contributed by atoms with E-state index in [1.165, 1.54) is 6.07 Å². The van der Waals surface area contributed by atoms with Gasteiger partial charge in [0.1, 0.15) is 11.4 Å². The number of alkyl carbamates (subject to hydrolysis) is 1. The molecule has 2 amide bonds. The number of ether oxygens (including phenoxy) is 3. The monoisotopic (exact) mass is 445 g/mol. The van der Waals surface area contributed by atoms with Crippen molar-refractivity contribution in [3.8, 4) is 5.75 Å². The van der Waals surface area contributed by atoms with Crippen molar-refractivity contribution in [2.45, 2.75) is 52.2 Å². The summed E-state index contributed by atoms with van der Waals surface area (Å²) in [7, 11) is 0. The molecule has 1 unspecified atom stereocenters. The van der Waals surface area contributed by atoms with Crippen molar-refractivity contribution in [2.24, 2.45) is 5.73 Å². The summed E-state index contributed by atoms with van der Waals surface area (Å²) in [5, 5.41) is 13.5. The van der Waals surface area contributed by atoms with Crippen LogP contribution in [0.1, 0.15) is 50.9 Å². The van der Waals surface area contributed by atoms with Crippen LogP contribution in [-0.2, 0) is 9.47 Å². The summed E-state index contributed by atoms with van der Waals surface area (Å²) in [6.45, 7) is 8.20. The lowest BCUT2D eigenvalue weighted by Crippen LogP contribution is -2.33. The minimum atomic E-state index is -0.823. The van der Waals surface area contributed by atoms with Gasteiger partial charge in [0.05, 0.1) is 17.6 Å². The fourth-order valence-electron chi connectivity index (χ4n) is 2.24. The topological polar surface area (TPSA) is 143 Å². The lowest BCUT2D eigenvalue weighted by molar-refractivity contribution is -0.384. The van der Waals surface area contributed by atoms with Gasteiger partial charge in [-0.15, -0.1) is 0 Å². The van der Waals surface area contributed by atoms with Gasteiger partial charge in [-0.3, -0.25) is 14.9 Å². The maximum atomic E-state index is 11.5. The highest BCUT2D eigenvalue weighted by atomic mass is 35.5. The van der Waals surface area contributed by atoms with Crippen LogP contribution in [0.25, 0.3) is 0 Å². The van der Waals surface area contributed by atoms with Gasteiger partial charge in [-0.05, 0) is 40.2 Å². The van der Waals surface area contributed by atoms with Crippen LogP contribution in [-0.4, -0.2) is 48.4 Å². The van der Waals surface area contributed by atoms with E-state index >= 15 is 0 Å². The molecule has 1 aromatic rings. The molecule has 0 aliphatic heterocycles. The molecule has 0 bridgehead atoms. The summed E-state index contributed by atoms with van der Waals surface area (Å²) in [6, 6.07) is 2.28. The first-order valence-corrected chi connectivity index (χ1v) is 9.77. The first-order chi connectivity index (χ1) is 13.9. The molecule has 1 rings (SSSR count).